The summed E-state index contributed by atoms with van der Waals surface area (Å²) in [5.41, 5.74) is 0.528. The number of alkyl halides is 1. The van der Waals surface area contributed by atoms with Crippen molar-refractivity contribution in [1.82, 2.24) is 0 Å². The Morgan fingerprint density at radius 1 is 1.20 bits per heavy atom. The van der Waals surface area contributed by atoms with Gasteiger partial charge in [-0.1, -0.05) is 46.3 Å². The molecule has 2 aliphatic rings. The van der Waals surface area contributed by atoms with Gasteiger partial charge in [0.25, 0.3) is 0 Å². The van der Waals surface area contributed by atoms with E-state index in [0.29, 0.717) is 16.7 Å². The molecule has 15 heavy (non-hydrogen) atoms. The second-order valence-electron chi connectivity index (χ2n) is 4.88. The molecule has 1 aromatic rings. The first-order valence-corrected chi connectivity index (χ1v) is 6.55. The first kappa shape index (κ1) is 9.86. The average Bonchev–Trinajstić information content (AvgIpc) is 2.74. The van der Waals surface area contributed by atoms with E-state index in [0.717, 1.165) is 18.4 Å². The van der Waals surface area contributed by atoms with Gasteiger partial charge in [-0.3, -0.25) is 0 Å². The van der Waals surface area contributed by atoms with Crippen LogP contribution in [0, 0.1) is 11.8 Å². The highest BCUT2D eigenvalue weighted by Gasteiger charge is 2.56. The molecule has 0 aromatic heterocycles. The molecule has 0 saturated heterocycles. The smallest absolute Gasteiger partial charge is 0.0938 e. The summed E-state index contributed by atoms with van der Waals surface area (Å²) in [6, 6.07) is 10.2. The summed E-state index contributed by atoms with van der Waals surface area (Å²) in [5, 5.41) is 10.8. The van der Waals surface area contributed by atoms with Gasteiger partial charge in [0.1, 0.15) is 0 Å². The molecule has 2 heteroatoms. The summed E-state index contributed by atoms with van der Waals surface area (Å²) in [6.45, 7) is 0. The molecule has 2 bridgehead atoms. The van der Waals surface area contributed by atoms with E-state index in [1.54, 1.807) is 0 Å². The summed E-state index contributed by atoms with van der Waals surface area (Å²) in [6.07, 6.45) is 3.36. The Bertz CT molecular complexity index is 364. The van der Waals surface area contributed by atoms with E-state index in [-0.39, 0.29) is 0 Å². The van der Waals surface area contributed by atoms with Crippen molar-refractivity contribution in [3.05, 3.63) is 35.9 Å². The van der Waals surface area contributed by atoms with Crippen molar-refractivity contribution < 1.29 is 5.11 Å². The molecule has 0 aliphatic heterocycles. The highest BCUT2D eigenvalue weighted by Crippen LogP contribution is 2.58. The Morgan fingerprint density at radius 3 is 2.47 bits per heavy atom. The zero-order valence-corrected chi connectivity index (χ0v) is 10.2. The van der Waals surface area contributed by atoms with Crippen LogP contribution in [0.1, 0.15) is 24.8 Å². The maximum atomic E-state index is 10.8. The van der Waals surface area contributed by atoms with Crippen molar-refractivity contribution in [1.29, 1.82) is 0 Å². The summed E-state index contributed by atoms with van der Waals surface area (Å²) < 4.78 is 0. The summed E-state index contributed by atoms with van der Waals surface area (Å²) in [5.74, 6) is 1.07. The Labute approximate surface area is 98.6 Å². The molecule has 2 aliphatic carbocycles. The first-order chi connectivity index (χ1) is 7.22. The van der Waals surface area contributed by atoms with Crippen LogP contribution in [-0.4, -0.2) is 9.93 Å². The third kappa shape index (κ3) is 1.31. The molecule has 2 saturated carbocycles. The van der Waals surface area contributed by atoms with E-state index in [9.17, 15) is 5.11 Å². The minimum atomic E-state index is -0.571. The second kappa shape index (κ2) is 3.33. The average molecular weight is 267 g/mol. The highest BCUT2D eigenvalue weighted by molar-refractivity contribution is 9.09. The quantitative estimate of drug-likeness (QED) is 0.775. The van der Waals surface area contributed by atoms with Crippen LogP contribution >= 0.6 is 15.9 Å². The number of aliphatic hydroxyl groups is 1. The first-order valence-electron chi connectivity index (χ1n) is 5.64. The minimum absolute atomic E-state index is 0.407. The molecule has 1 N–H and O–H groups in total. The monoisotopic (exact) mass is 266 g/mol. The van der Waals surface area contributed by atoms with E-state index >= 15 is 0 Å². The maximum absolute atomic E-state index is 10.8. The van der Waals surface area contributed by atoms with Gasteiger partial charge >= 0.3 is 0 Å². The summed E-state index contributed by atoms with van der Waals surface area (Å²) in [4.78, 5) is 0.516. The van der Waals surface area contributed by atoms with Crippen LogP contribution in [0.25, 0.3) is 0 Å². The van der Waals surface area contributed by atoms with Gasteiger partial charge in [0, 0.05) is 10.7 Å². The van der Waals surface area contributed by atoms with Gasteiger partial charge in [-0.05, 0) is 30.7 Å². The van der Waals surface area contributed by atoms with Gasteiger partial charge in [0.05, 0.1) is 5.60 Å². The predicted molar refractivity (Wildman–Crippen MR) is 63.9 cm³/mol. The van der Waals surface area contributed by atoms with Crippen molar-refractivity contribution in [2.75, 3.05) is 0 Å². The molecule has 0 unspecified atom stereocenters. The topological polar surface area (TPSA) is 20.2 Å². The van der Waals surface area contributed by atoms with Crippen molar-refractivity contribution in [2.45, 2.75) is 29.7 Å². The molecule has 1 aromatic carbocycles. The molecule has 0 spiro atoms. The summed E-state index contributed by atoms with van der Waals surface area (Å²) in [7, 11) is 0. The number of halogens is 1. The highest BCUT2D eigenvalue weighted by atomic mass is 79.9. The van der Waals surface area contributed by atoms with Crippen LogP contribution in [0.5, 0.6) is 0 Å². The van der Waals surface area contributed by atoms with Gasteiger partial charge in [-0.25, -0.2) is 0 Å². The molecule has 4 atom stereocenters. The lowest BCUT2D eigenvalue weighted by Crippen LogP contribution is -2.33. The zero-order chi connectivity index (χ0) is 10.5. The Morgan fingerprint density at radius 2 is 1.93 bits per heavy atom. The number of hydrogen-bond acceptors (Lipinski definition) is 1. The Hall–Kier alpha value is -0.340. The fourth-order valence-electron chi connectivity index (χ4n) is 3.37. The lowest BCUT2D eigenvalue weighted by atomic mass is 9.79. The van der Waals surface area contributed by atoms with Gasteiger partial charge in [0.2, 0.25) is 0 Å². The second-order valence-corrected chi connectivity index (χ2v) is 5.94. The Kier molecular flexibility index (Phi) is 2.18. The summed E-state index contributed by atoms with van der Waals surface area (Å²) >= 11 is 3.74. The van der Waals surface area contributed by atoms with Crippen molar-refractivity contribution in [3.8, 4) is 0 Å². The number of rotatable bonds is 1. The van der Waals surface area contributed by atoms with Crippen LogP contribution in [0.15, 0.2) is 30.3 Å². The molecule has 0 radical (unpaired) electrons. The molecule has 80 valence electrons. The van der Waals surface area contributed by atoms with Gasteiger partial charge in [-0.15, -0.1) is 0 Å². The Balaban J connectivity index is 2.00. The fourth-order valence-corrected chi connectivity index (χ4v) is 4.52. The van der Waals surface area contributed by atoms with E-state index in [2.05, 4.69) is 28.1 Å². The van der Waals surface area contributed by atoms with Crippen LogP contribution in [-0.2, 0) is 5.60 Å². The lowest BCUT2D eigenvalue weighted by Gasteiger charge is -2.33. The molecular formula is C13H15BrO. The molecule has 2 fully saturated rings. The molecule has 0 amide bonds. The van der Waals surface area contributed by atoms with Gasteiger partial charge < -0.3 is 5.11 Å². The number of benzene rings is 1. The third-order valence-corrected chi connectivity index (χ3v) is 5.53. The molecule has 1 nitrogen and oxygen atoms in total. The van der Waals surface area contributed by atoms with Crippen molar-refractivity contribution in [3.63, 3.8) is 0 Å². The van der Waals surface area contributed by atoms with Crippen LogP contribution in [0.2, 0.25) is 0 Å². The SMILES string of the molecule is O[C@]1(c2ccccc2)C[C@H]2CC[C@@H]1[C@H]2Br. The van der Waals surface area contributed by atoms with Gasteiger partial charge in [0.15, 0.2) is 0 Å². The van der Waals surface area contributed by atoms with E-state index < -0.39 is 5.60 Å². The number of fused-ring (bicyclic) bond motifs is 2. The van der Waals surface area contributed by atoms with Crippen LogP contribution < -0.4 is 0 Å². The fraction of sp³-hybridized carbons (Fsp3) is 0.538. The zero-order valence-electron chi connectivity index (χ0n) is 8.57. The largest absolute Gasteiger partial charge is 0.385 e. The van der Waals surface area contributed by atoms with Crippen LogP contribution in [0.4, 0.5) is 0 Å². The number of hydrogen-bond donors (Lipinski definition) is 1. The van der Waals surface area contributed by atoms with E-state index in [1.165, 1.54) is 6.42 Å². The lowest BCUT2D eigenvalue weighted by molar-refractivity contribution is -0.0175. The van der Waals surface area contributed by atoms with E-state index in [4.69, 9.17) is 0 Å². The third-order valence-electron chi connectivity index (χ3n) is 4.14. The molecule has 3 rings (SSSR count). The standard InChI is InChI=1S/C13H15BrO/c14-12-9-6-7-11(12)13(15,8-9)10-4-2-1-3-5-10/h1-5,9,11-12,15H,6-8H2/t9-,11-,12+,13+/m1/s1. The predicted octanol–water partition coefficient (Wildman–Crippen LogP) is 3.07. The van der Waals surface area contributed by atoms with Crippen molar-refractivity contribution in [2.24, 2.45) is 11.8 Å². The molecule has 0 heterocycles. The van der Waals surface area contributed by atoms with Crippen molar-refractivity contribution >= 4 is 15.9 Å². The molecular weight excluding hydrogens is 252 g/mol. The van der Waals surface area contributed by atoms with Crippen LogP contribution in [0.3, 0.4) is 0 Å². The van der Waals surface area contributed by atoms with Gasteiger partial charge in [-0.2, -0.15) is 0 Å². The maximum Gasteiger partial charge on any atom is 0.0938 e. The van der Waals surface area contributed by atoms with E-state index in [1.807, 2.05) is 18.2 Å². The minimum Gasteiger partial charge on any atom is -0.385 e. The normalized spacial score (nSPS) is 43.5.